The van der Waals surface area contributed by atoms with Gasteiger partial charge < -0.3 is 20.4 Å². The first-order valence-electron chi connectivity index (χ1n) is 15.7. The van der Waals surface area contributed by atoms with Crippen molar-refractivity contribution in [2.75, 3.05) is 13.2 Å². The number of aliphatic hydroxyl groups is 1. The normalized spacial score (nSPS) is 37.7. The van der Waals surface area contributed by atoms with Crippen molar-refractivity contribution in [2.24, 2.45) is 23.7 Å². The molecule has 11 unspecified atom stereocenters. The van der Waals surface area contributed by atoms with E-state index in [1.807, 2.05) is 0 Å². The van der Waals surface area contributed by atoms with Crippen LogP contribution in [0.25, 0.3) is 0 Å². The molecule has 0 aromatic heterocycles. The van der Waals surface area contributed by atoms with Crippen molar-refractivity contribution < 1.29 is 48.1 Å². The highest BCUT2D eigenvalue weighted by Gasteiger charge is 2.44. The fourth-order valence-electron chi connectivity index (χ4n) is 7.33. The molecule has 0 aromatic rings. The zero-order valence-corrected chi connectivity index (χ0v) is 25.4. The molecule has 4 rings (SSSR count). The highest BCUT2D eigenvalue weighted by molar-refractivity contribution is 7.80. The molecule has 4 saturated carbocycles. The maximum Gasteiger partial charge on any atom is 0.307 e. The van der Waals surface area contributed by atoms with Crippen LogP contribution in [-0.2, 0) is 34.6 Å². The van der Waals surface area contributed by atoms with E-state index in [4.69, 9.17) is 14.3 Å². The number of carbonyl (C=O) groups excluding carboxylic acids is 1. The Labute approximate surface area is 254 Å². The van der Waals surface area contributed by atoms with Gasteiger partial charge in [-0.3, -0.25) is 29.1 Å². The smallest absolute Gasteiger partial charge is 0.307 e. The van der Waals surface area contributed by atoms with Crippen molar-refractivity contribution in [3.05, 3.63) is 10.1 Å². The third-order valence-electron chi connectivity index (χ3n) is 9.82. The topological polar surface area (TPSA) is 207 Å². The SMILES string of the molecule is O=C(O)C1CCC([N+](=O)[O-])CC1C(=O)NC1CCCC(S(=O)OC2CCCC(NOCC3CCC(O)CC3COO)C2)C1. The van der Waals surface area contributed by atoms with E-state index in [1.54, 1.807) is 0 Å². The van der Waals surface area contributed by atoms with Gasteiger partial charge in [0.1, 0.15) is 0 Å². The number of nitro groups is 1. The van der Waals surface area contributed by atoms with Crippen molar-refractivity contribution in [3.8, 4) is 0 Å². The summed E-state index contributed by atoms with van der Waals surface area (Å²) < 4.78 is 19.2. The summed E-state index contributed by atoms with van der Waals surface area (Å²) in [5.74, 6) is -3.32. The fourth-order valence-corrected chi connectivity index (χ4v) is 8.68. The first-order valence-corrected chi connectivity index (χ1v) is 16.8. The Kier molecular flexibility index (Phi) is 13.1. The molecular formula is C28H47N3O11S. The number of carbonyl (C=O) groups is 2. The van der Waals surface area contributed by atoms with Crippen LogP contribution in [-0.4, -0.2) is 85.3 Å². The van der Waals surface area contributed by atoms with E-state index in [2.05, 4.69) is 15.7 Å². The molecule has 0 bridgehead atoms. The van der Waals surface area contributed by atoms with Crippen molar-refractivity contribution in [3.63, 3.8) is 0 Å². The number of hydroxylamine groups is 1. The maximum absolute atomic E-state index is 13.2. The monoisotopic (exact) mass is 633 g/mol. The predicted octanol–water partition coefficient (Wildman–Crippen LogP) is 2.34. The molecule has 11 atom stereocenters. The molecule has 246 valence electrons. The first kappa shape index (κ1) is 34.1. The van der Waals surface area contributed by atoms with Crippen LogP contribution in [0.2, 0.25) is 0 Å². The Hall–Kier alpha value is -1.75. The van der Waals surface area contributed by atoms with E-state index in [1.165, 1.54) is 0 Å². The van der Waals surface area contributed by atoms with E-state index in [-0.39, 0.29) is 67.2 Å². The van der Waals surface area contributed by atoms with Gasteiger partial charge in [-0.2, -0.15) is 5.48 Å². The van der Waals surface area contributed by atoms with Gasteiger partial charge in [0.25, 0.3) is 0 Å². The number of carboxylic acids is 1. The van der Waals surface area contributed by atoms with Gasteiger partial charge in [0.15, 0.2) is 11.1 Å². The lowest BCUT2D eigenvalue weighted by Crippen LogP contribution is -2.49. The van der Waals surface area contributed by atoms with Gasteiger partial charge in [0, 0.05) is 29.8 Å². The predicted molar refractivity (Wildman–Crippen MR) is 153 cm³/mol. The van der Waals surface area contributed by atoms with E-state index in [0.29, 0.717) is 45.1 Å². The highest BCUT2D eigenvalue weighted by Crippen LogP contribution is 2.34. The van der Waals surface area contributed by atoms with Crippen LogP contribution in [0.4, 0.5) is 0 Å². The van der Waals surface area contributed by atoms with Crippen molar-refractivity contribution in [1.82, 2.24) is 10.8 Å². The zero-order chi connectivity index (χ0) is 30.9. The molecular weight excluding hydrogens is 586 g/mol. The minimum absolute atomic E-state index is 0.0173. The lowest BCUT2D eigenvalue weighted by Gasteiger charge is -2.35. The quantitative estimate of drug-likeness (QED) is 0.113. The summed E-state index contributed by atoms with van der Waals surface area (Å²) >= 11 is -1.57. The van der Waals surface area contributed by atoms with E-state index < -0.39 is 45.8 Å². The minimum Gasteiger partial charge on any atom is -0.481 e. The van der Waals surface area contributed by atoms with Crippen molar-refractivity contribution in [1.29, 1.82) is 0 Å². The standard InChI is InChI=1S/C28H47N3O11S/c32-22-9-7-17(18(11-22)16-41-38)15-40-30-20-4-1-5-23(12-20)42-43(39)24-6-2-3-19(13-24)29-27(33)26-14-21(31(36)37)8-10-25(26)28(34)35/h17-26,30,32,38H,1-16H2,(H,29,33)(H,34,35). The molecule has 0 heterocycles. The molecule has 14 nitrogen and oxygen atoms in total. The number of amides is 1. The number of nitrogens with zero attached hydrogens (tertiary/aromatic N) is 1. The Balaban J connectivity index is 1.21. The Bertz CT molecular complexity index is 974. The van der Waals surface area contributed by atoms with Gasteiger partial charge in [-0.1, -0.05) is 6.42 Å². The second-order valence-electron chi connectivity index (χ2n) is 12.9. The molecule has 0 aliphatic heterocycles. The first-order chi connectivity index (χ1) is 20.6. The van der Waals surface area contributed by atoms with Gasteiger partial charge in [-0.15, -0.1) is 0 Å². The largest absolute Gasteiger partial charge is 0.481 e. The number of nitrogens with one attached hydrogen (secondary N) is 2. The molecule has 5 N–H and O–H groups in total. The van der Waals surface area contributed by atoms with Gasteiger partial charge in [0.05, 0.1) is 42.5 Å². The number of aliphatic carboxylic acids is 1. The molecule has 4 aliphatic rings. The second-order valence-corrected chi connectivity index (χ2v) is 14.2. The summed E-state index contributed by atoms with van der Waals surface area (Å²) in [4.78, 5) is 45.8. The van der Waals surface area contributed by atoms with Crippen LogP contribution in [0.15, 0.2) is 0 Å². The van der Waals surface area contributed by atoms with Crippen molar-refractivity contribution >= 4 is 23.0 Å². The molecule has 43 heavy (non-hydrogen) atoms. The average Bonchev–Trinajstić information content (AvgIpc) is 2.98. The fraction of sp³-hybridized carbons (Fsp3) is 0.929. The molecule has 15 heteroatoms. The Morgan fingerprint density at radius 2 is 1.65 bits per heavy atom. The van der Waals surface area contributed by atoms with Crippen molar-refractivity contribution in [2.45, 2.75) is 125 Å². The molecule has 4 fully saturated rings. The molecule has 0 spiro atoms. The van der Waals surface area contributed by atoms with E-state index in [9.17, 15) is 34.1 Å². The summed E-state index contributed by atoms with van der Waals surface area (Å²) in [6.07, 6.45) is 7.33. The number of hydrogen-bond acceptors (Lipinski definition) is 11. The minimum atomic E-state index is -1.57. The number of rotatable bonds is 13. The molecule has 0 aromatic carbocycles. The van der Waals surface area contributed by atoms with Crippen LogP contribution in [0.1, 0.15) is 89.9 Å². The summed E-state index contributed by atoms with van der Waals surface area (Å²) in [5.41, 5.74) is 3.13. The molecule has 0 saturated heterocycles. The summed E-state index contributed by atoms with van der Waals surface area (Å²) in [6, 6.07) is -1.18. The summed E-state index contributed by atoms with van der Waals surface area (Å²) in [6.45, 7) is 0.595. The number of carboxylic acid groups (broad SMARTS) is 1. The third kappa shape index (κ3) is 9.87. The van der Waals surface area contributed by atoms with Gasteiger partial charge >= 0.3 is 5.97 Å². The average molecular weight is 634 g/mol. The Morgan fingerprint density at radius 1 is 0.884 bits per heavy atom. The van der Waals surface area contributed by atoms with Gasteiger partial charge in [-0.25, -0.2) is 9.10 Å². The van der Waals surface area contributed by atoms with Crippen LogP contribution in [0.3, 0.4) is 0 Å². The van der Waals surface area contributed by atoms with Gasteiger partial charge in [0.2, 0.25) is 11.9 Å². The highest BCUT2D eigenvalue weighted by atomic mass is 32.2. The van der Waals surface area contributed by atoms with Crippen LogP contribution < -0.4 is 10.8 Å². The maximum atomic E-state index is 13.2. The second kappa shape index (κ2) is 16.5. The van der Waals surface area contributed by atoms with Gasteiger partial charge in [-0.05, 0) is 82.5 Å². The third-order valence-corrected chi connectivity index (χ3v) is 11.3. The Morgan fingerprint density at radius 3 is 2.40 bits per heavy atom. The number of hydrogen-bond donors (Lipinski definition) is 5. The summed E-state index contributed by atoms with van der Waals surface area (Å²) in [7, 11) is 0. The van der Waals surface area contributed by atoms with E-state index in [0.717, 1.165) is 32.1 Å². The van der Waals surface area contributed by atoms with Crippen LogP contribution in [0, 0.1) is 33.8 Å². The van der Waals surface area contributed by atoms with E-state index >= 15 is 0 Å². The summed E-state index contributed by atoms with van der Waals surface area (Å²) in [5, 5.41) is 42.3. The molecule has 0 radical (unpaired) electrons. The molecule has 4 aliphatic carbocycles. The zero-order valence-electron chi connectivity index (χ0n) is 24.6. The van der Waals surface area contributed by atoms with Crippen LogP contribution >= 0.6 is 0 Å². The lowest BCUT2D eigenvalue weighted by atomic mass is 9.76. The van der Waals surface area contributed by atoms with Crippen LogP contribution in [0.5, 0.6) is 0 Å². The number of aliphatic hydroxyl groups excluding tert-OH is 1. The molecule has 1 amide bonds. The lowest BCUT2D eigenvalue weighted by molar-refractivity contribution is -0.528.